The minimum atomic E-state index is 0.868. The van der Waals surface area contributed by atoms with E-state index in [1.807, 2.05) is 11.3 Å². The Hall–Kier alpha value is -2.43. The minimum absolute atomic E-state index is 0.868. The summed E-state index contributed by atoms with van der Waals surface area (Å²) in [6.45, 7) is 6.91. The second kappa shape index (κ2) is 13.8. The van der Waals surface area contributed by atoms with E-state index in [-0.39, 0.29) is 0 Å². The average Bonchev–Trinajstić information content (AvgIpc) is 3.72. The predicted octanol–water partition coefficient (Wildman–Crippen LogP) is 10.6. The highest BCUT2D eigenvalue weighted by Crippen LogP contribution is 2.48. The van der Waals surface area contributed by atoms with E-state index in [4.69, 9.17) is 0 Å². The molecule has 0 N–H and O–H groups in total. The zero-order valence-corrected chi connectivity index (χ0v) is 25.4. The molecule has 2 aromatic heterocycles. The molecule has 2 nitrogen and oxygen atoms in total. The first-order valence-corrected chi connectivity index (χ1v) is 16.8. The van der Waals surface area contributed by atoms with Gasteiger partial charge in [-0.3, -0.25) is 4.79 Å². The number of anilines is 1. The van der Waals surface area contributed by atoms with Crippen LogP contribution in [0.1, 0.15) is 119 Å². The Morgan fingerprint density at radius 1 is 0.692 bits per heavy atom. The highest BCUT2D eigenvalue weighted by molar-refractivity contribution is 7.15. The monoisotopic (exact) mass is 557 g/mol. The maximum atomic E-state index is 11.3. The second-order valence-corrected chi connectivity index (χ2v) is 13.3. The molecule has 0 fully saturated rings. The number of nitrogens with zero attached hydrogens (tertiary/aromatic N) is 1. The van der Waals surface area contributed by atoms with Crippen molar-refractivity contribution >= 4 is 57.9 Å². The number of carbonyl (C=O) groups is 1. The number of carbonyl (C=O) groups excluding carboxylic acids is 1. The van der Waals surface area contributed by atoms with E-state index in [2.05, 4.69) is 67.3 Å². The van der Waals surface area contributed by atoms with E-state index < -0.39 is 0 Å². The van der Waals surface area contributed by atoms with Gasteiger partial charge in [0.1, 0.15) is 0 Å². The maximum absolute atomic E-state index is 11.3. The van der Waals surface area contributed by atoms with E-state index in [1.165, 1.54) is 113 Å². The molecular formula is C35H43NOS2. The van der Waals surface area contributed by atoms with Gasteiger partial charge in [0.25, 0.3) is 0 Å². The zero-order valence-electron chi connectivity index (χ0n) is 23.8. The third kappa shape index (κ3) is 6.84. The van der Waals surface area contributed by atoms with Crippen LogP contribution >= 0.6 is 22.7 Å². The molecule has 5 rings (SSSR count). The molecule has 2 aliphatic carbocycles. The average molecular weight is 558 g/mol. The van der Waals surface area contributed by atoms with Gasteiger partial charge in [0.2, 0.25) is 0 Å². The summed E-state index contributed by atoms with van der Waals surface area (Å²) in [5.74, 6) is 0. The molecular weight excluding hydrogens is 515 g/mol. The van der Waals surface area contributed by atoms with Gasteiger partial charge in [-0.15, -0.1) is 22.7 Å². The summed E-state index contributed by atoms with van der Waals surface area (Å²) < 4.78 is 0. The Morgan fingerprint density at radius 3 is 1.82 bits per heavy atom. The summed E-state index contributed by atoms with van der Waals surface area (Å²) in [7, 11) is 0. The standard InChI is InChI=1S/C35H43NOS2/c1-3-5-7-9-21-36(22-10-8-6-4-2)29-16-11-26(12-17-29)13-18-30-23-27-14-19-32(34(27)38-30)33-20-15-28-24-31(25-37)39-35(28)33/h11-13,16-18,23-25H,3-10,14-15,19-22H2,1-2H3/b18-13+,33-32+. The molecule has 0 saturated heterocycles. The van der Waals surface area contributed by atoms with Gasteiger partial charge >= 0.3 is 0 Å². The van der Waals surface area contributed by atoms with Gasteiger partial charge in [0.15, 0.2) is 6.29 Å². The summed E-state index contributed by atoms with van der Waals surface area (Å²) in [4.78, 5) is 19.0. The van der Waals surface area contributed by atoms with Crippen molar-refractivity contribution in [2.75, 3.05) is 18.0 Å². The van der Waals surface area contributed by atoms with Gasteiger partial charge in [-0.2, -0.15) is 0 Å². The van der Waals surface area contributed by atoms with Crippen LogP contribution in [0.3, 0.4) is 0 Å². The third-order valence-corrected chi connectivity index (χ3v) is 10.6. The van der Waals surface area contributed by atoms with Crippen LogP contribution in [0.15, 0.2) is 36.4 Å². The first-order chi connectivity index (χ1) is 19.2. The molecule has 0 radical (unpaired) electrons. The molecule has 0 atom stereocenters. The molecule has 0 saturated carbocycles. The lowest BCUT2D eigenvalue weighted by atomic mass is 10.1. The van der Waals surface area contributed by atoms with Gasteiger partial charge in [0, 0.05) is 33.4 Å². The first kappa shape index (κ1) is 28.1. The quantitative estimate of drug-likeness (QED) is 0.145. The summed E-state index contributed by atoms with van der Waals surface area (Å²) >= 11 is 3.62. The van der Waals surface area contributed by atoms with E-state index in [1.54, 1.807) is 11.3 Å². The van der Waals surface area contributed by atoms with E-state index in [0.717, 1.165) is 36.8 Å². The molecule has 0 bridgehead atoms. The number of thiophene rings is 2. The number of rotatable bonds is 14. The van der Waals surface area contributed by atoms with Crippen molar-refractivity contribution in [1.29, 1.82) is 0 Å². The SMILES string of the molecule is CCCCCCN(CCCCCC)c1ccc(/C=C/c2cc3c(s2)/C(=C2\CCc4cc(C=O)sc42)CC3)cc1. The number of allylic oxidation sites excluding steroid dienone is 2. The van der Waals surface area contributed by atoms with Gasteiger partial charge in [-0.1, -0.05) is 70.6 Å². The number of aryl methyl sites for hydroxylation is 2. The molecule has 39 heavy (non-hydrogen) atoms. The van der Waals surface area contributed by atoms with Gasteiger partial charge in [-0.25, -0.2) is 0 Å². The minimum Gasteiger partial charge on any atom is -0.372 e. The van der Waals surface area contributed by atoms with Crippen LogP contribution < -0.4 is 4.90 Å². The van der Waals surface area contributed by atoms with Crippen molar-refractivity contribution in [3.8, 4) is 0 Å². The molecule has 0 amide bonds. The van der Waals surface area contributed by atoms with Crippen molar-refractivity contribution in [3.63, 3.8) is 0 Å². The number of hydrogen-bond donors (Lipinski definition) is 0. The summed E-state index contributed by atoms with van der Waals surface area (Å²) in [5.41, 5.74) is 8.55. The fourth-order valence-corrected chi connectivity index (χ4v) is 8.39. The van der Waals surface area contributed by atoms with Crippen LogP contribution in [-0.2, 0) is 12.8 Å². The first-order valence-electron chi connectivity index (χ1n) is 15.2. The summed E-state index contributed by atoms with van der Waals surface area (Å²) in [6, 6.07) is 13.7. The van der Waals surface area contributed by atoms with Crippen LogP contribution in [-0.4, -0.2) is 19.4 Å². The largest absolute Gasteiger partial charge is 0.372 e. The third-order valence-electron chi connectivity index (χ3n) is 8.23. The normalized spacial score (nSPS) is 16.3. The Bertz CT molecular complexity index is 1290. The Balaban J connectivity index is 1.26. The maximum Gasteiger partial charge on any atom is 0.160 e. The molecule has 2 aliphatic rings. The molecule has 0 spiro atoms. The number of benzene rings is 1. The molecule has 0 unspecified atom stereocenters. The van der Waals surface area contributed by atoms with E-state index >= 15 is 0 Å². The lowest BCUT2D eigenvalue weighted by Gasteiger charge is -2.25. The van der Waals surface area contributed by atoms with Crippen molar-refractivity contribution in [3.05, 3.63) is 72.6 Å². The topological polar surface area (TPSA) is 20.3 Å². The number of unbranched alkanes of at least 4 members (excludes halogenated alkanes) is 6. The second-order valence-electron chi connectivity index (χ2n) is 11.1. The fourth-order valence-electron chi connectivity index (χ4n) is 6.05. The molecule has 0 aliphatic heterocycles. The molecule has 3 aromatic rings. The van der Waals surface area contributed by atoms with Crippen molar-refractivity contribution < 1.29 is 4.79 Å². The van der Waals surface area contributed by atoms with Crippen molar-refractivity contribution in [1.82, 2.24) is 0 Å². The lowest BCUT2D eigenvalue weighted by Crippen LogP contribution is -2.25. The smallest absolute Gasteiger partial charge is 0.160 e. The Kier molecular flexibility index (Phi) is 9.92. The number of aldehydes is 1. The van der Waals surface area contributed by atoms with Crippen LogP contribution in [0.25, 0.3) is 23.3 Å². The molecule has 4 heteroatoms. The van der Waals surface area contributed by atoms with E-state index in [9.17, 15) is 4.79 Å². The Labute approximate surface area is 243 Å². The van der Waals surface area contributed by atoms with Crippen molar-refractivity contribution in [2.24, 2.45) is 0 Å². The van der Waals surface area contributed by atoms with E-state index in [0.29, 0.717) is 0 Å². The van der Waals surface area contributed by atoms with Gasteiger partial charge in [0.05, 0.1) is 4.88 Å². The highest BCUT2D eigenvalue weighted by Gasteiger charge is 2.28. The molecule has 1 aromatic carbocycles. The highest BCUT2D eigenvalue weighted by atomic mass is 32.1. The number of fused-ring (bicyclic) bond motifs is 2. The zero-order chi connectivity index (χ0) is 27.0. The lowest BCUT2D eigenvalue weighted by molar-refractivity contribution is 0.112. The van der Waals surface area contributed by atoms with Crippen LogP contribution in [0.5, 0.6) is 0 Å². The fraction of sp³-hybridized carbons (Fsp3) is 0.457. The molecule has 2 heterocycles. The Morgan fingerprint density at radius 2 is 1.26 bits per heavy atom. The van der Waals surface area contributed by atoms with Gasteiger partial charge < -0.3 is 4.90 Å². The van der Waals surface area contributed by atoms with Crippen LogP contribution in [0, 0.1) is 0 Å². The summed E-state index contributed by atoms with van der Waals surface area (Å²) in [6.07, 6.45) is 20.6. The van der Waals surface area contributed by atoms with Crippen LogP contribution in [0.2, 0.25) is 0 Å². The predicted molar refractivity (Wildman–Crippen MR) is 173 cm³/mol. The number of hydrogen-bond acceptors (Lipinski definition) is 4. The van der Waals surface area contributed by atoms with Gasteiger partial charge in [-0.05, 0) is 96.7 Å². The summed E-state index contributed by atoms with van der Waals surface area (Å²) in [5, 5.41) is 0. The van der Waals surface area contributed by atoms with Crippen LogP contribution in [0.4, 0.5) is 5.69 Å². The van der Waals surface area contributed by atoms with Crippen molar-refractivity contribution in [2.45, 2.75) is 90.9 Å². The molecule has 206 valence electrons.